The molecule has 0 aromatic carbocycles. The van der Waals surface area contributed by atoms with Gasteiger partial charge in [0.1, 0.15) is 0 Å². The normalized spacial score (nSPS) is 21.8. The Morgan fingerprint density at radius 2 is 2.24 bits per heavy atom. The lowest BCUT2D eigenvalue weighted by molar-refractivity contribution is 0.301. The standard InChI is InChI=1S/C12H19NO2S2/c1-4-11-10-6-8-16-12(10)5-7-13(11)17(14,15)9(2)3/h6,8-9,11H,4-5,7H2,1-3H3. The van der Waals surface area contributed by atoms with Crippen LogP contribution in [0.1, 0.15) is 43.7 Å². The fourth-order valence-corrected chi connectivity index (χ4v) is 4.81. The van der Waals surface area contributed by atoms with Gasteiger partial charge in [-0.1, -0.05) is 6.92 Å². The Labute approximate surface area is 108 Å². The first-order chi connectivity index (χ1) is 7.98. The average Bonchev–Trinajstić information content (AvgIpc) is 2.75. The van der Waals surface area contributed by atoms with Crippen LogP contribution in [0.2, 0.25) is 0 Å². The molecule has 0 saturated heterocycles. The molecule has 1 aromatic heterocycles. The minimum Gasteiger partial charge on any atom is -0.212 e. The Morgan fingerprint density at radius 1 is 1.53 bits per heavy atom. The minimum absolute atomic E-state index is 0.0393. The third kappa shape index (κ3) is 2.16. The molecule has 3 nitrogen and oxygen atoms in total. The Balaban J connectivity index is 2.40. The molecule has 2 heterocycles. The first-order valence-electron chi connectivity index (χ1n) is 6.05. The molecule has 1 aliphatic rings. The van der Waals surface area contributed by atoms with Crippen molar-refractivity contribution in [3.8, 4) is 0 Å². The van der Waals surface area contributed by atoms with Gasteiger partial charge in [-0.25, -0.2) is 8.42 Å². The van der Waals surface area contributed by atoms with Gasteiger partial charge in [-0.05, 0) is 43.7 Å². The van der Waals surface area contributed by atoms with E-state index in [1.54, 1.807) is 29.5 Å². The summed E-state index contributed by atoms with van der Waals surface area (Å²) in [5, 5.41) is 1.73. The number of hydrogen-bond donors (Lipinski definition) is 0. The van der Waals surface area contributed by atoms with Gasteiger partial charge in [-0.3, -0.25) is 0 Å². The number of hydrogen-bond acceptors (Lipinski definition) is 3. The van der Waals surface area contributed by atoms with Crippen molar-refractivity contribution in [2.24, 2.45) is 0 Å². The molecule has 0 bridgehead atoms. The molecule has 17 heavy (non-hydrogen) atoms. The van der Waals surface area contributed by atoms with Crippen molar-refractivity contribution in [1.82, 2.24) is 4.31 Å². The van der Waals surface area contributed by atoms with Crippen molar-refractivity contribution in [1.29, 1.82) is 0 Å². The van der Waals surface area contributed by atoms with Gasteiger partial charge in [0.15, 0.2) is 0 Å². The van der Waals surface area contributed by atoms with Crippen LogP contribution in [0.15, 0.2) is 11.4 Å². The topological polar surface area (TPSA) is 37.4 Å². The van der Waals surface area contributed by atoms with Gasteiger partial charge in [0.25, 0.3) is 0 Å². The summed E-state index contributed by atoms with van der Waals surface area (Å²) < 4.78 is 26.3. The van der Waals surface area contributed by atoms with Crippen molar-refractivity contribution < 1.29 is 8.42 Å². The predicted molar refractivity (Wildman–Crippen MR) is 71.8 cm³/mol. The van der Waals surface area contributed by atoms with E-state index in [1.807, 2.05) is 0 Å². The largest absolute Gasteiger partial charge is 0.217 e. The summed E-state index contributed by atoms with van der Waals surface area (Å²) in [5.41, 5.74) is 1.22. The number of thiophene rings is 1. The third-order valence-corrected chi connectivity index (χ3v) is 6.63. The van der Waals surface area contributed by atoms with Crippen LogP contribution in [0.3, 0.4) is 0 Å². The van der Waals surface area contributed by atoms with E-state index >= 15 is 0 Å². The summed E-state index contributed by atoms with van der Waals surface area (Å²) in [5.74, 6) is 0. The zero-order valence-electron chi connectivity index (χ0n) is 10.5. The van der Waals surface area contributed by atoms with Gasteiger partial charge in [-0.2, -0.15) is 4.31 Å². The molecule has 2 rings (SSSR count). The van der Waals surface area contributed by atoms with E-state index < -0.39 is 10.0 Å². The Kier molecular flexibility index (Phi) is 3.61. The van der Waals surface area contributed by atoms with Crippen LogP contribution in [-0.4, -0.2) is 24.5 Å². The van der Waals surface area contributed by atoms with Crippen LogP contribution in [0.4, 0.5) is 0 Å². The molecule has 0 N–H and O–H groups in total. The molecule has 1 aliphatic heterocycles. The van der Waals surface area contributed by atoms with Crippen LogP contribution in [-0.2, 0) is 16.4 Å². The summed E-state index contributed by atoms with van der Waals surface area (Å²) >= 11 is 1.74. The third-order valence-electron chi connectivity index (χ3n) is 3.36. The van der Waals surface area contributed by atoms with Crippen LogP contribution >= 0.6 is 11.3 Å². The van der Waals surface area contributed by atoms with Crippen LogP contribution in [0.25, 0.3) is 0 Å². The van der Waals surface area contributed by atoms with E-state index in [1.165, 1.54) is 10.4 Å². The van der Waals surface area contributed by atoms with Gasteiger partial charge in [0.05, 0.1) is 11.3 Å². The maximum atomic E-state index is 12.3. The smallest absolute Gasteiger partial charge is 0.212 e. The van der Waals surface area contributed by atoms with E-state index in [2.05, 4.69) is 18.4 Å². The second-order valence-electron chi connectivity index (χ2n) is 4.68. The number of sulfonamides is 1. The van der Waals surface area contributed by atoms with Gasteiger partial charge in [0, 0.05) is 11.4 Å². The minimum atomic E-state index is -3.14. The first kappa shape index (κ1) is 13.1. The second-order valence-corrected chi connectivity index (χ2v) is 8.12. The zero-order chi connectivity index (χ0) is 12.6. The number of fused-ring (bicyclic) bond motifs is 1. The highest BCUT2D eigenvalue weighted by atomic mass is 32.2. The first-order valence-corrected chi connectivity index (χ1v) is 8.43. The zero-order valence-corrected chi connectivity index (χ0v) is 12.1. The summed E-state index contributed by atoms with van der Waals surface area (Å²) in [4.78, 5) is 1.35. The maximum Gasteiger partial charge on any atom is 0.217 e. The van der Waals surface area contributed by atoms with Crippen molar-refractivity contribution in [3.05, 3.63) is 21.9 Å². The molecule has 1 aromatic rings. The summed E-state index contributed by atoms with van der Waals surface area (Å²) in [6, 6.07) is 2.12. The van der Waals surface area contributed by atoms with Gasteiger partial charge < -0.3 is 0 Å². The molecule has 1 atom stereocenters. The fraction of sp³-hybridized carbons (Fsp3) is 0.667. The van der Waals surface area contributed by atoms with Gasteiger partial charge >= 0.3 is 0 Å². The lowest BCUT2D eigenvalue weighted by Crippen LogP contribution is -2.42. The summed E-state index contributed by atoms with van der Waals surface area (Å²) in [6.45, 7) is 6.20. The van der Waals surface area contributed by atoms with Crippen LogP contribution < -0.4 is 0 Å². The van der Waals surface area contributed by atoms with Crippen molar-refractivity contribution in [2.75, 3.05) is 6.54 Å². The van der Waals surface area contributed by atoms with E-state index in [9.17, 15) is 8.42 Å². The monoisotopic (exact) mass is 273 g/mol. The molecular weight excluding hydrogens is 254 g/mol. The molecule has 0 fully saturated rings. The molecule has 1 unspecified atom stereocenters. The molecule has 0 radical (unpaired) electrons. The Bertz CT molecular complexity index is 490. The molecule has 0 amide bonds. The van der Waals surface area contributed by atoms with Crippen LogP contribution in [0, 0.1) is 0 Å². The van der Waals surface area contributed by atoms with E-state index in [0.29, 0.717) is 6.54 Å². The lowest BCUT2D eigenvalue weighted by Gasteiger charge is -2.35. The highest BCUT2D eigenvalue weighted by molar-refractivity contribution is 7.89. The van der Waals surface area contributed by atoms with E-state index in [4.69, 9.17) is 0 Å². The summed E-state index contributed by atoms with van der Waals surface area (Å²) in [6.07, 6.45) is 1.70. The van der Waals surface area contributed by atoms with Crippen LogP contribution in [0.5, 0.6) is 0 Å². The molecule has 0 aliphatic carbocycles. The Hall–Kier alpha value is -0.390. The highest BCUT2D eigenvalue weighted by Crippen LogP contribution is 2.37. The van der Waals surface area contributed by atoms with Crippen molar-refractivity contribution in [2.45, 2.75) is 44.9 Å². The van der Waals surface area contributed by atoms with E-state index in [-0.39, 0.29) is 11.3 Å². The quantitative estimate of drug-likeness (QED) is 0.849. The lowest BCUT2D eigenvalue weighted by atomic mass is 10.0. The number of nitrogens with zero attached hydrogens (tertiary/aromatic N) is 1. The number of rotatable bonds is 3. The molecular formula is C12H19NO2S2. The van der Waals surface area contributed by atoms with E-state index in [0.717, 1.165) is 12.8 Å². The molecule has 0 saturated carbocycles. The predicted octanol–water partition coefficient (Wildman–Crippen LogP) is 2.80. The highest BCUT2D eigenvalue weighted by Gasteiger charge is 2.36. The fourth-order valence-electron chi connectivity index (χ4n) is 2.37. The average molecular weight is 273 g/mol. The Morgan fingerprint density at radius 3 is 2.82 bits per heavy atom. The molecule has 96 valence electrons. The van der Waals surface area contributed by atoms with Gasteiger partial charge in [-0.15, -0.1) is 11.3 Å². The van der Waals surface area contributed by atoms with Crippen molar-refractivity contribution >= 4 is 21.4 Å². The SMILES string of the molecule is CCC1c2ccsc2CCN1S(=O)(=O)C(C)C. The van der Waals surface area contributed by atoms with Gasteiger partial charge in [0.2, 0.25) is 10.0 Å². The molecule has 0 spiro atoms. The second kappa shape index (κ2) is 4.71. The molecule has 5 heteroatoms. The summed E-state index contributed by atoms with van der Waals surface area (Å²) in [7, 11) is -3.14. The van der Waals surface area contributed by atoms with Crippen molar-refractivity contribution in [3.63, 3.8) is 0 Å². The maximum absolute atomic E-state index is 12.3.